The maximum atomic E-state index is 12.2. The summed E-state index contributed by atoms with van der Waals surface area (Å²) in [5.41, 5.74) is 2.28. The van der Waals surface area contributed by atoms with E-state index in [0.717, 1.165) is 5.56 Å². The Morgan fingerprint density at radius 2 is 2.04 bits per heavy atom. The van der Waals surface area contributed by atoms with Gasteiger partial charge >= 0.3 is 5.69 Å². The fourth-order valence-corrected chi connectivity index (χ4v) is 2.59. The van der Waals surface area contributed by atoms with Crippen LogP contribution >= 0.6 is 11.6 Å². The molecule has 7 nitrogen and oxygen atoms in total. The van der Waals surface area contributed by atoms with Gasteiger partial charge in [-0.1, -0.05) is 17.7 Å². The molecule has 0 aliphatic rings. The molecular formula is C17H12ClN5O2. The van der Waals surface area contributed by atoms with E-state index in [1.54, 1.807) is 30.6 Å². The van der Waals surface area contributed by atoms with Gasteiger partial charge in [-0.25, -0.2) is 24.3 Å². The van der Waals surface area contributed by atoms with Gasteiger partial charge in [0.15, 0.2) is 5.65 Å². The van der Waals surface area contributed by atoms with E-state index < -0.39 is 0 Å². The number of benzene rings is 1. The smallest absolute Gasteiger partial charge is 0.332 e. The Morgan fingerprint density at radius 1 is 1.16 bits per heavy atom. The summed E-state index contributed by atoms with van der Waals surface area (Å²) in [6.07, 6.45) is 4.48. The Morgan fingerprint density at radius 3 is 2.80 bits per heavy atom. The van der Waals surface area contributed by atoms with E-state index in [0.29, 0.717) is 33.5 Å². The molecule has 4 aromatic rings. The van der Waals surface area contributed by atoms with Crippen LogP contribution in [0.2, 0.25) is 5.02 Å². The van der Waals surface area contributed by atoms with Gasteiger partial charge in [0.1, 0.15) is 17.6 Å². The molecule has 3 aromatic heterocycles. The number of aromatic amines is 1. The summed E-state index contributed by atoms with van der Waals surface area (Å²) in [5.74, 6) is 0.985. The van der Waals surface area contributed by atoms with Crippen molar-refractivity contribution in [2.24, 2.45) is 0 Å². The second-order valence-corrected chi connectivity index (χ2v) is 5.80. The van der Waals surface area contributed by atoms with E-state index in [9.17, 15) is 4.79 Å². The molecule has 0 aliphatic heterocycles. The van der Waals surface area contributed by atoms with Gasteiger partial charge in [0, 0.05) is 11.1 Å². The second kappa shape index (κ2) is 6.03. The Labute approximate surface area is 146 Å². The molecule has 8 heteroatoms. The number of halogens is 1. The molecule has 0 atom stereocenters. The number of aromatic nitrogens is 5. The van der Waals surface area contributed by atoms with Crippen molar-refractivity contribution in [3.05, 3.63) is 70.1 Å². The van der Waals surface area contributed by atoms with Crippen molar-refractivity contribution in [1.82, 2.24) is 24.5 Å². The Kier molecular flexibility index (Phi) is 3.70. The number of imidazole rings is 1. The third-order valence-corrected chi connectivity index (χ3v) is 4.10. The largest absolute Gasteiger partial charge is 0.439 e. The molecule has 4 rings (SSSR count). The first-order chi connectivity index (χ1) is 12.1. The van der Waals surface area contributed by atoms with Crippen LogP contribution in [0, 0.1) is 6.92 Å². The van der Waals surface area contributed by atoms with Gasteiger partial charge < -0.3 is 9.72 Å². The van der Waals surface area contributed by atoms with E-state index in [4.69, 9.17) is 16.3 Å². The highest BCUT2D eigenvalue weighted by atomic mass is 35.5. The molecule has 0 amide bonds. The number of rotatable bonds is 3. The zero-order chi connectivity index (χ0) is 17.4. The molecule has 1 N–H and O–H groups in total. The zero-order valence-electron chi connectivity index (χ0n) is 13.1. The monoisotopic (exact) mass is 353 g/mol. The van der Waals surface area contributed by atoms with Gasteiger partial charge in [-0.15, -0.1) is 0 Å². The number of hydrogen-bond acceptors (Lipinski definition) is 5. The van der Waals surface area contributed by atoms with E-state index in [-0.39, 0.29) is 5.69 Å². The molecule has 124 valence electrons. The summed E-state index contributed by atoms with van der Waals surface area (Å²) in [7, 11) is 0. The summed E-state index contributed by atoms with van der Waals surface area (Å²) >= 11 is 6.09. The minimum Gasteiger partial charge on any atom is -0.439 e. The van der Waals surface area contributed by atoms with E-state index in [1.165, 1.54) is 10.9 Å². The fourth-order valence-electron chi connectivity index (χ4n) is 2.42. The lowest BCUT2D eigenvalue weighted by Crippen LogP contribution is -2.15. The first-order valence-electron chi connectivity index (χ1n) is 7.43. The van der Waals surface area contributed by atoms with Crippen molar-refractivity contribution in [3.63, 3.8) is 0 Å². The summed E-state index contributed by atoms with van der Waals surface area (Å²) in [6, 6.07) is 8.83. The van der Waals surface area contributed by atoms with Crippen LogP contribution in [0.1, 0.15) is 5.56 Å². The third kappa shape index (κ3) is 2.85. The molecular weight excluding hydrogens is 342 g/mol. The van der Waals surface area contributed by atoms with Gasteiger partial charge in [0.05, 0.1) is 18.1 Å². The minimum atomic E-state index is -0.309. The molecule has 0 unspecified atom stereocenters. The summed E-state index contributed by atoms with van der Waals surface area (Å²) in [5, 5.41) is 0.624. The minimum absolute atomic E-state index is 0.309. The highest BCUT2D eigenvalue weighted by Crippen LogP contribution is 2.25. The quantitative estimate of drug-likeness (QED) is 0.611. The van der Waals surface area contributed by atoms with Crippen molar-refractivity contribution >= 4 is 22.8 Å². The van der Waals surface area contributed by atoms with Crippen LogP contribution in [0.4, 0.5) is 0 Å². The standard InChI is InChI=1S/C17H12ClN5O2/c1-10-2-4-12(6-13(10)18)25-15-5-3-11(7-20-15)23-16-14(22-17(23)24)8-19-9-21-16/h2-9H,1H3,(H,22,24). The highest BCUT2D eigenvalue weighted by molar-refractivity contribution is 6.31. The van der Waals surface area contributed by atoms with Crippen molar-refractivity contribution in [3.8, 4) is 17.3 Å². The molecule has 1 aromatic carbocycles. The zero-order valence-corrected chi connectivity index (χ0v) is 13.9. The second-order valence-electron chi connectivity index (χ2n) is 5.39. The molecule has 0 saturated carbocycles. The molecule has 0 radical (unpaired) electrons. The number of hydrogen-bond donors (Lipinski definition) is 1. The van der Waals surface area contributed by atoms with Crippen LogP contribution in [0.25, 0.3) is 16.9 Å². The van der Waals surface area contributed by atoms with Crippen LogP contribution < -0.4 is 10.4 Å². The Hall–Kier alpha value is -3.19. The van der Waals surface area contributed by atoms with E-state index in [2.05, 4.69) is 19.9 Å². The number of ether oxygens (including phenoxy) is 1. The van der Waals surface area contributed by atoms with Gasteiger partial charge in [-0.2, -0.15) is 0 Å². The van der Waals surface area contributed by atoms with Crippen LogP contribution in [0.5, 0.6) is 11.6 Å². The molecule has 0 aliphatic carbocycles. The third-order valence-electron chi connectivity index (χ3n) is 3.69. The molecule has 0 bridgehead atoms. The number of nitrogens with one attached hydrogen (secondary N) is 1. The fraction of sp³-hybridized carbons (Fsp3) is 0.0588. The van der Waals surface area contributed by atoms with Crippen molar-refractivity contribution in [1.29, 1.82) is 0 Å². The number of aryl methyl sites for hydroxylation is 1. The molecule has 0 saturated heterocycles. The van der Waals surface area contributed by atoms with Crippen LogP contribution in [0.15, 0.2) is 53.8 Å². The molecule has 25 heavy (non-hydrogen) atoms. The highest BCUT2D eigenvalue weighted by Gasteiger charge is 2.10. The first kappa shape index (κ1) is 15.3. The molecule has 0 spiro atoms. The predicted molar refractivity (Wildman–Crippen MR) is 93.5 cm³/mol. The van der Waals surface area contributed by atoms with E-state index >= 15 is 0 Å². The Bertz CT molecular complexity index is 1120. The van der Waals surface area contributed by atoms with Gasteiger partial charge in [0.2, 0.25) is 5.88 Å². The van der Waals surface area contributed by atoms with Crippen molar-refractivity contribution in [2.75, 3.05) is 0 Å². The van der Waals surface area contributed by atoms with Gasteiger partial charge in [0.25, 0.3) is 0 Å². The SMILES string of the molecule is Cc1ccc(Oc2ccc(-n3c(=O)[nH]c4cncnc43)cn2)cc1Cl. The summed E-state index contributed by atoms with van der Waals surface area (Å²) in [6.45, 7) is 1.92. The first-order valence-corrected chi connectivity index (χ1v) is 7.81. The van der Waals surface area contributed by atoms with Crippen LogP contribution in [-0.4, -0.2) is 24.5 Å². The number of pyridine rings is 1. The van der Waals surface area contributed by atoms with Gasteiger partial charge in [-0.3, -0.25) is 0 Å². The molecule has 3 heterocycles. The van der Waals surface area contributed by atoms with Crippen molar-refractivity contribution in [2.45, 2.75) is 6.92 Å². The summed E-state index contributed by atoms with van der Waals surface area (Å²) < 4.78 is 7.11. The van der Waals surface area contributed by atoms with Crippen LogP contribution in [0.3, 0.4) is 0 Å². The predicted octanol–water partition coefficient (Wildman–Crippen LogP) is 3.26. The molecule has 0 fully saturated rings. The number of H-pyrrole nitrogens is 1. The summed E-state index contributed by atoms with van der Waals surface area (Å²) in [4.78, 5) is 27.1. The lowest BCUT2D eigenvalue weighted by Gasteiger charge is -2.07. The lowest BCUT2D eigenvalue weighted by molar-refractivity contribution is 0.462. The number of nitrogens with zero attached hydrogens (tertiary/aromatic N) is 4. The van der Waals surface area contributed by atoms with Gasteiger partial charge in [-0.05, 0) is 30.7 Å². The Balaban J connectivity index is 1.66. The maximum Gasteiger partial charge on any atom is 0.332 e. The normalized spacial score (nSPS) is 11.0. The van der Waals surface area contributed by atoms with E-state index in [1.807, 2.05) is 19.1 Å². The van der Waals surface area contributed by atoms with Crippen molar-refractivity contribution < 1.29 is 4.74 Å². The number of fused-ring (bicyclic) bond motifs is 1. The van der Waals surface area contributed by atoms with Crippen LogP contribution in [-0.2, 0) is 0 Å². The average Bonchev–Trinajstić information content (AvgIpc) is 2.95. The average molecular weight is 354 g/mol. The topological polar surface area (TPSA) is 85.7 Å². The lowest BCUT2D eigenvalue weighted by atomic mass is 10.2. The maximum absolute atomic E-state index is 12.2.